The first-order chi connectivity index (χ1) is 9.86. The molecule has 0 aliphatic heterocycles. The summed E-state index contributed by atoms with van der Waals surface area (Å²) in [6.07, 6.45) is 0.745. The largest absolute Gasteiger partial charge is 0.465 e. The standard InChI is InChI=1S/C13H18FN3O4/c1-16(2)6-4-5-15-11-7-9(13(18)21-3)10(14)8-12(11)17(19)20/h7-8,15H,4-6H2,1-3H3. The van der Waals surface area contributed by atoms with Crippen molar-refractivity contribution in [2.24, 2.45) is 0 Å². The molecule has 0 aliphatic carbocycles. The average molecular weight is 299 g/mol. The summed E-state index contributed by atoms with van der Waals surface area (Å²) in [5, 5.41) is 13.8. The number of hydrogen-bond donors (Lipinski definition) is 1. The molecule has 0 saturated heterocycles. The van der Waals surface area contributed by atoms with Crippen LogP contribution in [-0.4, -0.2) is 50.1 Å². The van der Waals surface area contributed by atoms with Gasteiger partial charge in [-0.15, -0.1) is 0 Å². The van der Waals surface area contributed by atoms with Gasteiger partial charge in [0.25, 0.3) is 5.69 Å². The van der Waals surface area contributed by atoms with Crippen LogP contribution in [0.4, 0.5) is 15.8 Å². The molecule has 1 N–H and O–H groups in total. The lowest BCUT2D eigenvalue weighted by Gasteiger charge is -2.12. The Morgan fingerprint density at radius 2 is 2.14 bits per heavy atom. The highest BCUT2D eigenvalue weighted by Gasteiger charge is 2.22. The molecule has 0 atom stereocenters. The maximum atomic E-state index is 13.7. The van der Waals surface area contributed by atoms with Gasteiger partial charge in [-0.1, -0.05) is 0 Å². The third-order valence-corrected chi connectivity index (χ3v) is 2.78. The third-order valence-electron chi connectivity index (χ3n) is 2.78. The molecule has 8 heteroatoms. The molecule has 21 heavy (non-hydrogen) atoms. The first kappa shape index (κ1) is 16.8. The minimum atomic E-state index is -0.979. The number of nitrogens with one attached hydrogen (secondary N) is 1. The quantitative estimate of drug-likeness (QED) is 0.358. The number of carbonyl (C=O) groups excluding carboxylic acids is 1. The van der Waals surface area contributed by atoms with Gasteiger partial charge in [0, 0.05) is 6.54 Å². The van der Waals surface area contributed by atoms with Gasteiger partial charge in [0.2, 0.25) is 0 Å². The predicted octanol–water partition coefficient (Wildman–Crippen LogP) is 1.88. The molecule has 1 aromatic rings. The zero-order chi connectivity index (χ0) is 16.0. The Morgan fingerprint density at radius 1 is 1.48 bits per heavy atom. The molecule has 7 nitrogen and oxygen atoms in total. The molecule has 1 aromatic carbocycles. The second-order valence-electron chi connectivity index (χ2n) is 4.68. The van der Waals surface area contributed by atoms with Crippen molar-refractivity contribution in [3.63, 3.8) is 0 Å². The molecule has 0 saturated carbocycles. The van der Waals surface area contributed by atoms with Gasteiger partial charge in [0.05, 0.1) is 23.7 Å². The summed E-state index contributed by atoms with van der Waals surface area (Å²) in [6.45, 7) is 1.26. The number of esters is 1. The zero-order valence-corrected chi connectivity index (χ0v) is 12.2. The average Bonchev–Trinajstić information content (AvgIpc) is 2.43. The van der Waals surface area contributed by atoms with Crippen LogP contribution in [0.2, 0.25) is 0 Å². The second kappa shape index (κ2) is 7.53. The van der Waals surface area contributed by atoms with Gasteiger partial charge < -0.3 is 15.0 Å². The van der Waals surface area contributed by atoms with Crippen LogP contribution in [0, 0.1) is 15.9 Å². The molecule has 0 aliphatic rings. The molecule has 0 bridgehead atoms. The molecular weight excluding hydrogens is 281 g/mol. The molecule has 1 rings (SSSR count). The van der Waals surface area contributed by atoms with E-state index in [1.54, 1.807) is 0 Å². The first-order valence-corrected chi connectivity index (χ1v) is 6.31. The van der Waals surface area contributed by atoms with Crippen molar-refractivity contribution in [3.05, 3.63) is 33.6 Å². The van der Waals surface area contributed by atoms with E-state index in [9.17, 15) is 19.3 Å². The monoisotopic (exact) mass is 299 g/mol. The lowest BCUT2D eigenvalue weighted by Crippen LogP contribution is -2.17. The molecule has 0 spiro atoms. The van der Waals surface area contributed by atoms with Crippen molar-refractivity contribution < 1.29 is 18.8 Å². The summed E-state index contributed by atoms with van der Waals surface area (Å²) in [4.78, 5) is 23.6. The van der Waals surface area contributed by atoms with Crippen LogP contribution < -0.4 is 5.32 Å². The highest BCUT2D eigenvalue weighted by atomic mass is 19.1. The zero-order valence-electron chi connectivity index (χ0n) is 12.2. The van der Waals surface area contributed by atoms with E-state index in [1.807, 2.05) is 19.0 Å². The van der Waals surface area contributed by atoms with E-state index in [0.717, 1.165) is 32.2 Å². The first-order valence-electron chi connectivity index (χ1n) is 6.31. The van der Waals surface area contributed by atoms with Crippen LogP contribution in [0.1, 0.15) is 16.8 Å². The number of hydrogen-bond acceptors (Lipinski definition) is 6. The van der Waals surface area contributed by atoms with Gasteiger partial charge in [0.1, 0.15) is 11.5 Å². The molecule has 0 unspecified atom stereocenters. The Morgan fingerprint density at radius 3 is 2.67 bits per heavy atom. The molecule has 116 valence electrons. The van der Waals surface area contributed by atoms with E-state index >= 15 is 0 Å². The van der Waals surface area contributed by atoms with Gasteiger partial charge in [-0.25, -0.2) is 9.18 Å². The molecular formula is C13H18FN3O4. The minimum absolute atomic E-state index is 0.0977. The Bertz CT molecular complexity index is 534. The summed E-state index contributed by atoms with van der Waals surface area (Å²) in [6, 6.07) is 1.83. The van der Waals surface area contributed by atoms with Crippen molar-refractivity contribution in [3.8, 4) is 0 Å². The van der Waals surface area contributed by atoms with E-state index in [-0.39, 0.29) is 11.3 Å². The third kappa shape index (κ3) is 4.67. The number of ether oxygens (including phenoxy) is 1. The van der Waals surface area contributed by atoms with Crippen LogP contribution in [0.5, 0.6) is 0 Å². The Labute approximate surface area is 121 Å². The Hall–Kier alpha value is -2.22. The number of carbonyl (C=O) groups is 1. The predicted molar refractivity (Wildman–Crippen MR) is 76.1 cm³/mol. The van der Waals surface area contributed by atoms with Gasteiger partial charge >= 0.3 is 5.97 Å². The molecule has 0 heterocycles. The molecule has 0 radical (unpaired) electrons. The summed E-state index contributed by atoms with van der Waals surface area (Å²) in [5.74, 6) is -1.86. The number of benzene rings is 1. The molecule has 0 fully saturated rings. The van der Waals surface area contributed by atoms with E-state index < -0.39 is 22.4 Å². The van der Waals surface area contributed by atoms with Crippen molar-refractivity contribution >= 4 is 17.3 Å². The lowest BCUT2D eigenvalue weighted by atomic mass is 10.1. The van der Waals surface area contributed by atoms with Crippen LogP contribution in [0.25, 0.3) is 0 Å². The fourth-order valence-electron chi connectivity index (χ4n) is 1.74. The van der Waals surface area contributed by atoms with Crippen LogP contribution in [0.15, 0.2) is 12.1 Å². The molecule has 0 amide bonds. The number of halogens is 1. The topological polar surface area (TPSA) is 84.7 Å². The van der Waals surface area contributed by atoms with Crippen molar-refractivity contribution in [1.82, 2.24) is 4.90 Å². The summed E-state index contributed by atoms with van der Waals surface area (Å²) in [5.41, 5.74) is -0.649. The van der Waals surface area contributed by atoms with E-state index in [4.69, 9.17) is 0 Å². The van der Waals surface area contributed by atoms with E-state index in [2.05, 4.69) is 10.1 Å². The number of rotatable bonds is 7. The fraction of sp³-hybridized carbons (Fsp3) is 0.462. The van der Waals surface area contributed by atoms with Gasteiger partial charge in [0.15, 0.2) is 0 Å². The maximum Gasteiger partial charge on any atom is 0.340 e. The molecule has 0 aromatic heterocycles. The van der Waals surface area contributed by atoms with Gasteiger partial charge in [-0.05, 0) is 33.1 Å². The Balaban J connectivity index is 2.97. The summed E-state index contributed by atoms with van der Waals surface area (Å²) >= 11 is 0. The number of nitrogens with zero attached hydrogens (tertiary/aromatic N) is 2. The van der Waals surface area contributed by atoms with Gasteiger partial charge in [-0.2, -0.15) is 0 Å². The smallest absolute Gasteiger partial charge is 0.340 e. The number of nitro groups is 1. The highest BCUT2D eigenvalue weighted by molar-refractivity contribution is 5.91. The number of nitro benzene ring substituents is 1. The van der Waals surface area contributed by atoms with Crippen molar-refractivity contribution in [2.45, 2.75) is 6.42 Å². The SMILES string of the molecule is COC(=O)c1cc(NCCCN(C)C)c([N+](=O)[O-])cc1F. The lowest BCUT2D eigenvalue weighted by molar-refractivity contribution is -0.384. The second-order valence-corrected chi connectivity index (χ2v) is 4.68. The van der Waals surface area contributed by atoms with Crippen LogP contribution >= 0.6 is 0 Å². The normalized spacial score (nSPS) is 10.5. The summed E-state index contributed by atoms with van der Waals surface area (Å²) in [7, 11) is 4.94. The van der Waals surface area contributed by atoms with Crippen LogP contribution in [0.3, 0.4) is 0 Å². The van der Waals surface area contributed by atoms with E-state index in [0.29, 0.717) is 6.54 Å². The minimum Gasteiger partial charge on any atom is -0.465 e. The Kier molecular flexibility index (Phi) is 6.04. The maximum absolute atomic E-state index is 13.7. The van der Waals surface area contributed by atoms with Gasteiger partial charge in [-0.3, -0.25) is 10.1 Å². The fourth-order valence-corrected chi connectivity index (χ4v) is 1.74. The highest BCUT2D eigenvalue weighted by Crippen LogP contribution is 2.28. The summed E-state index contributed by atoms with van der Waals surface area (Å²) < 4.78 is 18.1. The van der Waals surface area contributed by atoms with E-state index in [1.165, 1.54) is 0 Å². The number of anilines is 1. The number of methoxy groups -OCH3 is 1. The van der Waals surface area contributed by atoms with Crippen molar-refractivity contribution in [2.75, 3.05) is 39.6 Å². The van der Waals surface area contributed by atoms with Crippen LogP contribution in [-0.2, 0) is 4.74 Å². The van der Waals surface area contributed by atoms with Crippen molar-refractivity contribution in [1.29, 1.82) is 0 Å².